The van der Waals surface area contributed by atoms with Gasteiger partial charge in [0.2, 0.25) is 5.88 Å². The lowest BCUT2D eigenvalue weighted by Crippen LogP contribution is -2.34. The molecule has 11 heteroatoms. The highest BCUT2D eigenvalue weighted by molar-refractivity contribution is 5.96. The maximum Gasteiger partial charge on any atom is 0.290 e. The zero-order valence-corrected chi connectivity index (χ0v) is 22.0. The Morgan fingerprint density at radius 3 is 2.42 bits per heavy atom. The van der Waals surface area contributed by atoms with Crippen molar-refractivity contribution in [3.8, 4) is 34.6 Å². The van der Waals surface area contributed by atoms with Crippen LogP contribution in [0.15, 0.2) is 59.5 Å². The molecule has 0 radical (unpaired) electrons. The summed E-state index contributed by atoms with van der Waals surface area (Å²) < 4.78 is 40.1. The molecule has 1 N–H and O–H groups in total. The molecule has 1 saturated heterocycles. The largest absolute Gasteiger partial charge is 0.494 e. The van der Waals surface area contributed by atoms with E-state index in [1.54, 1.807) is 36.5 Å². The Kier molecular flexibility index (Phi) is 7.20. The Hall–Kier alpha value is -4.80. The van der Waals surface area contributed by atoms with Gasteiger partial charge in [0.15, 0.2) is 11.4 Å². The molecule has 0 bridgehead atoms. The van der Waals surface area contributed by atoms with E-state index in [1.165, 1.54) is 29.8 Å². The van der Waals surface area contributed by atoms with Gasteiger partial charge in [-0.3, -0.25) is 19.1 Å². The summed E-state index contributed by atoms with van der Waals surface area (Å²) in [5.41, 5.74) is 0.0840. The van der Waals surface area contributed by atoms with Gasteiger partial charge in [0.1, 0.15) is 34.5 Å². The van der Waals surface area contributed by atoms with E-state index in [0.717, 1.165) is 17.7 Å². The molecule has 2 aromatic heterocycles. The number of halogens is 2. The van der Waals surface area contributed by atoms with Gasteiger partial charge in [-0.15, -0.1) is 0 Å². The topological polar surface area (TPSA) is 107 Å². The van der Waals surface area contributed by atoms with Crippen LogP contribution in [-0.4, -0.2) is 57.8 Å². The number of ether oxygens (including phenoxy) is 2. The van der Waals surface area contributed by atoms with Crippen LogP contribution >= 0.6 is 0 Å². The number of likely N-dealkylation sites (tertiary alicyclic amines) is 1. The number of aromatic hydroxyl groups is 1. The molecule has 206 valence electrons. The lowest BCUT2D eigenvalue weighted by atomic mass is 9.98. The molecule has 1 amide bonds. The molecule has 9 nitrogen and oxygen atoms in total. The molecule has 5 rings (SSSR count). The zero-order valence-electron chi connectivity index (χ0n) is 22.0. The SMILES string of the molecule is COc1cccc(OC)c1-n1c(-c2ccc(C)cn2)nc(=O)c(C(=O)N2CCC(c3ccc(F)cc3F)C2)c1O. The Bertz CT molecular complexity index is 1630. The summed E-state index contributed by atoms with van der Waals surface area (Å²) in [7, 11) is 2.86. The number of methoxy groups -OCH3 is 2. The molecule has 1 aliphatic rings. The number of hydrogen-bond donors (Lipinski definition) is 1. The Labute approximate surface area is 228 Å². The summed E-state index contributed by atoms with van der Waals surface area (Å²) in [5, 5.41) is 11.6. The van der Waals surface area contributed by atoms with E-state index in [-0.39, 0.29) is 47.4 Å². The van der Waals surface area contributed by atoms with E-state index in [2.05, 4.69) is 9.97 Å². The molecule has 1 fully saturated rings. The van der Waals surface area contributed by atoms with Gasteiger partial charge in [-0.1, -0.05) is 18.2 Å². The van der Waals surface area contributed by atoms with Crippen LogP contribution in [0, 0.1) is 18.6 Å². The lowest BCUT2D eigenvalue weighted by Gasteiger charge is -2.22. The highest BCUT2D eigenvalue weighted by Crippen LogP contribution is 2.39. The molecule has 4 aromatic rings. The predicted octanol–water partition coefficient (Wildman–Crippen LogP) is 4.23. The number of hydrogen-bond acceptors (Lipinski definition) is 7. The van der Waals surface area contributed by atoms with Crippen molar-refractivity contribution in [1.29, 1.82) is 0 Å². The van der Waals surface area contributed by atoms with Crippen molar-refractivity contribution in [1.82, 2.24) is 19.4 Å². The zero-order chi connectivity index (χ0) is 28.6. The fraction of sp³-hybridized carbons (Fsp3) is 0.241. The maximum absolute atomic E-state index is 14.4. The number of aryl methyl sites for hydroxylation is 1. The van der Waals surface area contributed by atoms with Crippen LogP contribution in [0.5, 0.6) is 17.4 Å². The minimum Gasteiger partial charge on any atom is -0.494 e. The van der Waals surface area contributed by atoms with Crippen molar-refractivity contribution in [3.05, 3.63) is 93.4 Å². The fourth-order valence-electron chi connectivity index (χ4n) is 4.92. The van der Waals surface area contributed by atoms with Gasteiger partial charge in [0.25, 0.3) is 11.5 Å². The maximum atomic E-state index is 14.4. The third-order valence-electron chi connectivity index (χ3n) is 6.93. The van der Waals surface area contributed by atoms with Crippen molar-refractivity contribution in [3.63, 3.8) is 0 Å². The second kappa shape index (κ2) is 10.8. The quantitative estimate of drug-likeness (QED) is 0.384. The second-order valence-corrected chi connectivity index (χ2v) is 9.41. The van der Waals surface area contributed by atoms with E-state index in [9.17, 15) is 23.5 Å². The average Bonchev–Trinajstić information content (AvgIpc) is 3.43. The third-order valence-corrected chi connectivity index (χ3v) is 6.93. The third kappa shape index (κ3) is 4.74. The molecule has 40 heavy (non-hydrogen) atoms. The van der Waals surface area contributed by atoms with E-state index in [0.29, 0.717) is 6.42 Å². The van der Waals surface area contributed by atoms with Crippen LogP contribution in [0.1, 0.15) is 33.8 Å². The van der Waals surface area contributed by atoms with E-state index >= 15 is 0 Å². The summed E-state index contributed by atoms with van der Waals surface area (Å²) in [6.45, 7) is 2.11. The highest BCUT2D eigenvalue weighted by Gasteiger charge is 2.35. The van der Waals surface area contributed by atoms with Crippen molar-refractivity contribution in [2.75, 3.05) is 27.3 Å². The number of aromatic nitrogens is 3. The number of nitrogens with zero attached hydrogens (tertiary/aromatic N) is 4. The van der Waals surface area contributed by atoms with Gasteiger partial charge in [-0.25, -0.2) is 8.78 Å². The highest BCUT2D eigenvalue weighted by atomic mass is 19.1. The van der Waals surface area contributed by atoms with Crippen molar-refractivity contribution in [2.45, 2.75) is 19.3 Å². The van der Waals surface area contributed by atoms with Crippen LogP contribution in [0.25, 0.3) is 17.2 Å². The minimum absolute atomic E-state index is 0.0328. The molecule has 2 aromatic carbocycles. The van der Waals surface area contributed by atoms with Gasteiger partial charge >= 0.3 is 0 Å². The number of carbonyl (C=O) groups excluding carboxylic acids is 1. The first kappa shape index (κ1) is 26.8. The molecule has 1 unspecified atom stereocenters. The first-order valence-corrected chi connectivity index (χ1v) is 12.5. The van der Waals surface area contributed by atoms with Crippen LogP contribution < -0.4 is 15.0 Å². The van der Waals surface area contributed by atoms with Gasteiger partial charge in [-0.2, -0.15) is 4.98 Å². The number of pyridine rings is 1. The van der Waals surface area contributed by atoms with Crippen molar-refractivity contribution < 1.29 is 28.2 Å². The molecular formula is C29H26F2N4O5. The average molecular weight is 549 g/mol. The summed E-state index contributed by atoms with van der Waals surface area (Å²) in [6, 6.07) is 11.7. The summed E-state index contributed by atoms with van der Waals surface area (Å²) in [5.74, 6) is -2.74. The second-order valence-electron chi connectivity index (χ2n) is 9.41. The fourth-order valence-corrected chi connectivity index (χ4v) is 4.92. The minimum atomic E-state index is -0.957. The normalized spacial score (nSPS) is 14.8. The molecule has 1 aliphatic heterocycles. The summed E-state index contributed by atoms with van der Waals surface area (Å²) in [6.07, 6.45) is 1.97. The van der Waals surface area contributed by atoms with Crippen molar-refractivity contribution >= 4 is 5.91 Å². The van der Waals surface area contributed by atoms with Crippen molar-refractivity contribution in [2.24, 2.45) is 0 Å². The first-order chi connectivity index (χ1) is 19.2. The Morgan fingerprint density at radius 2 is 1.80 bits per heavy atom. The molecule has 0 spiro atoms. The Balaban J connectivity index is 1.64. The molecule has 3 heterocycles. The summed E-state index contributed by atoms with van der Waals surface area (Å²) >= 11 is 0. The number of para-hydroxylation sites is 1. The van der Waals surface area contributed by atoms with Gasteiger partial charge in [-0.05, 0) is 48.7 Å². The van der Waals surface area contributed by atoms with Crippen LogP contribution in [-0.2, 0) is 0 Å². The van der Waals surface area contributed by atoms with Crippen LogP contribution in [0.3, 0.4) is 0 Å². The van der Waals surface area contributed by atoms with Crippen LogP contribution in [0.2, 0.25) is 0 Å². The Morgan fingerprint density at radius 1 is 1.07 bits per heavy atom. The smallest absolute Gasteiger partial charge is 0.290 e. The van der Waals surface area contributed by atoms with E-state index < -0.39 is 40.5 Å². The predicted molar refractivity (Wildman–Crippen MR) is 142 cm³/mol. The number of carbonyl (C=O) groups is 1. The first-order valence-electron chi connectivity index (χ1n) is 12.5. The number of benzene rings is 2. The monoisotopic (exact) mass is 548 g/mol. The van der Waals surface area contributed by atoms with E-state index in [4.69, 9.17) is 9.47 Å². The summed E-state index contributed by atoms with van der Waals surface area (Å²) in [4.78, 5) is 36.9. The molecule has 0 aliphatic carbocycles. The molecular weight excluding hydrogens is 522 g/mol. The molecule has 0 saturated carbocycles. The standard InChI is InChI=1S/C29H26F2N4O5/c1-16-7-10-21(32-14-16)26-33-27(36)24(29(38)35(26)25-22(39-2)5-4-6-23(25)40-3)28(37)34-12-11-17(15-34)19-9-8-18(30)13-20(19)31/h4-10,13-14,17,38H,11-12,15H2,1-3H3. The van der Waals surface area contributed by atoms with Gasteiger partial charge in [0.05, 0.1) is 14.2 Å². The van der Waals surface area contributed by atoms with Crippen LogP contribution in [0.4, 0.5) is 8.78 Å². The van der Waals surface area contributed by atoms with Gasteiger partial charge in [0, 0.05) is 31.3 Å². The number of rotatable bonds is 6. The number of amides is 1. The van der Waals surface area contributed by atoms with Gasteiger partial charge < -0.3 is 19.5 Å². The van der Waals surface area contributed by atoms with E-state index in [1.807, 2.05) is 6.92 Å². The lowest BCUT2D eigenvalue weighted by molar-refractivity contribution is 0.0784. The molecule has 1 atom stereocenters.